The Labute approximate surface area is 155 Å². The van der Waals surface area contributed by atoms with Gasteiger partial charge in [-0.1, -0.05) is 54.6 Å². The lowest BCUT2D eigenvalue weighted by Gasteiger charge is -2.27. The zero-order chi connectivity index (χ0) is 17.8. The van der Waals surface area contributed by atoms with E-state index < -0.39 is 0 Å². The van der Waals surface area contributed by atoms with Crippen molar-refractivity contribution in [3.63, 3.8) is 0 Å². The number of benzene rings is 3. The van der Waals surface area contributed by atoms with Crippen molar-refractivity contribution in [2.75, 3.05) is 13.1 Å². The Morgan fingerprint density at radius 1 is 0.962 bits per heavy atom. The number of hydrogen-bond acceptors (Lipinski definition) is 2. The predicted octanol–water partition coefficient (Wildman–Crippen LogP) is 5.39. The average Bonchev–Trinajstić information content (AvgIpc) is 3.28. The molecule has 2 nitrogen and oxygen atoms in total. The molecule has 132 valence electrons. The first kappa shape index (κ1) is 17.0. The van der Waals surface area contributed by atoms with Gasteiger partial charge in [0.05, 0.1) is 6.54 Å². The van der Waals surface area contributed by atoms with Crippen LogP contribution in [0.5, 0.6) is 0 Å². The molecular weight excluding hydrogens is 316 g/mol. The van der Waals surface area contributed by atoms with Gasteiger partial charge in [-0.25, -0.2) is 0 Å². The molecule has 1 atom stereocenters. The Kier molecular flexibility index (Phi) is 5.12. The molecule has 2 N–H and O–H groups in total. The van der Waals surface area contributed by atoms with Gasteiger partial charge in [0, 0.05) is 6.21 Å². The van der Waals surface area contributed by atoms with Gasteiger partial charge in [0.1, 0.15) is 0 Å². The maximum absolute atomic E-state index is 5.85. The van der Waals surface area contributed by atoms with E-state index in [2.05, 4.69) is 53.5 Å². The summed E-state index contributed by atoms with van der Waals surface area (Å²) in [5.41, 5.74) is 8.97. The number of aryl methyl sites for hydroxylation is 1. The molecule has 5 rings (SSSR count). The first-order valence-corrected chi connectivity index (χ1v) is 9.67. The van der Waals surface area contributed by atoms with Gasteiger partial charge in [0.15, 0.2) is 0 Å². The highest BCUT2D eigenvalue weighted by atomic mass is 14.7. The Bertz CT molecular complexity index is 959. The van der Waals surface area contributed by atoms with Gasteiger partial charge in [-0.05, 0) is 76.9 Å². The molecule has 1 aliphatic heterocycles. The van der Waals surface area contributed by atoms with Crippen molar-refractivity contribution < 1.29 is 0 Å². The molecule has 0 radical (unpaired) electrons. The summed E-state index contributed by atoms with van der Waals surface area (Å²) < 4.78 is 0. The first-order chi connectivity index (χ1) is 12.9. The molecule has 26 heavy (non-hydrogen) atoms. The van der Waals surface area contributed by atoms with E-state index in [4.69, 9.17) is 5.73 Å². The summed E-state index contributed by atoms with van der Waals surface area (Å²) in [5.74, 6) is 0.642. The Balaban J connectivity index is 0.000000292. The number of rotatable bonds is 2. The highest BCUT2D eigenvalue weighted by Crippen LogP contribution is 2.40. The number of allylic oxidation sites excluding steroid dienone is 1. The summed E-state index contributed by atoms with van der Waals surface area (Å²) in [6.07, 6.45) is 10.7. The van der Waals surface area contributed by atoms with Crippen LogP contribution in [0.1, 0.15) is 36.3 Å². The van der Waals surface area contributed by atoms with Crippen LogP contribution in [-0.2, 0) is 6.42 Å². The molecular formula is C24H26N2. The van der Waals surface area contributed by atoms with Gasteiger partial charge >= 0.3 is 0 Å². The molecule has 0 saturated carbocycles. The van der Waals surface area contributed by atoms with Crippen molar-refractivity contribution in [1.82, 2.24) is 0 Å². The Hall–Kier alpha value is -2.45. The van der Waals surface area contributed by atoms with Gasteiger partial charge in [0.25, 0.3) is 0 Å². The quantitative estimate of drug-likeness (QED) is 0.623. The Morgan fingerprint density at radius 3 is 2.62 bits per heavy atom. The lowest BCUT2D eigenvalue weighted by atomic mass is 9.78. The lowest BCUT2D eigenvalue weighted by Crippen LogP contribution is -2.14. The minimum absolute atomic E-state index is 0.642. The van der Waals surface area contributed by atoms with E-state index in [1.165, 1.54) is 40.8 Å². The number of hydrogen-bond donors (Lipinski definition) is 1. The normalized spacial score (nSPS) is 18.0. The minimum Gasteiger partial charge on any atom is -0.330 e. The van der Waals surface area contributed by atoms with Crippen molar-refractivity contribution in [3.05, 3.63) is 71.8 Å². The predicted molar refractivity (Wildman–Crippen MR) is 113 cm³/mol. The number of nitrogens with zero attached hydrogens (tertiary/aromatic N) is 1. The van der Waals surface area contributed by atoms with Crippen LogP contribution >= 0.6 is 0 Å². The summed E-state index contributed by atoms with van der Waals surface area (Å²) in [6.45, 7) is 1.67. The zero-order valence-corrected chi connectivity index (χ0v) is 15.2. The van der Waals surface area contributed by atoms with Gasteiger partial charge in [-0.2, -0.15) is 0 Å². The molecule has 0 spiro atoms. The van der Waals surface area contributed by atoms with Crippen LogP contribution in [0.15, 0.2) is 65.7 Å². The third-order valence-corrected chi connectivity index (χ3v) is 5.52. The molecule has 3 aromatic rings. The van der Waals surface area contributed by atoms with Crippen molar-refractivity contribution in [1.29, 1.82) is 0 Å². The van der Waals surface area contributed by atoms with E-state index in [1.807, 2.05) is 12.2 Å². The molecule has 0 saturated heterocycles. The second kappa shape index (κ2) is 7.84. The SMILES string of the molecule is C1=CCN=C1.NCCC1CCCc2ccc3c(ccc4ccccc43)c21. The molecule has 2 aliphatic rings. The first-order valence-electron chi connectivity index (χ1n) is 9.67. The highest BCUT2D eigenvalue weighted by Gasteiger charge is 2.22. The van der Waals surface area contributed by atoms with Crippen LogP contribution in [0.2, 0.25) is 0 Å². The fraction of sp³-hybridized carbons (Fsp3) is 0.292. The van der Waals surface area contributed by atoms with Crippen LogP contribution < -0.4 is 5.73 Å². The van der Waals surface area contributed by atoms with Crippen molar-refractivity contribution >= 4 is 27.8 Å². The van der Waals surface area contributed by atoms with Gasteiger partial charge in [-0.15, -0.1) is 0 Å². The maximum Gasteiger partial charge on any atom is 0.0573 e. The van der Waals surface area contributed by atoms with E-state index in [0.29, 0.717) is 5.92 Å². The molecule has 0 bridgehead atoms. The van der Waals surface area contributed by atoms with E-state index in [1.54, 1.807) is 17.3 Å². The summed E-state index contributed by atoms with van der Waals surface area (Å²) in [5, 5.41) is 5.55. The maximum atomic E-state index is 5.85. The fourth-order valence-electron chi connectivity index (χ4n) is 4.33. The summed E-state index contributed by atoms with van der Waals surface area (Å²) in [7, 11) is 0. The van der Waals surface area contributed by atoms with Crippen molar-refractivity contribution in [3.8, 4) is 0 Å². The van der Waals surface area contributed by atoms with Crippen molar-refractivity contribution in [2.24, 2.45) is 10.7 Å². The molecule has 1 aliphatic carbocycles. The standard InChI is InChI=1S/C20H21N.C4H5N/c21-13-12-16-6-3-5-15-9-10-18-17-7-2-1-4-14(17)8-11-19(18)20(15)16;1-2-4-5-3-1/h1-2,4,7-11,16H,3,5-6,12-13,21H2;1-3H,4H2. The Morgan fingerprint density at radius 2 is 1.85 bits per heavy atom. The molecule has 1 heterocycles. The number of aliphatic imine (C=N–C) groups is 1. The topological polar surface area (TPSA) is 38.4 Å². The smallest absolute Gasteiger partial charge is 0.0573 e. The minimum atomic E-state index is 0.642. The monoisotopic (exact) mass is 342 g/mol. The van der Waals surface area contributed by atoms with Crippen LogP contribution in [0.25, 0.3) is 21.5 Å². The van der Waals surface area contributed by atoms with E-state index in [9.17, 15) is 0 Å². The second-order valence-electron chi connectivity index (χ2n) is 7.13. The zero-order valence-electron chi connectivity index (χ0n) is 15.2. The third kappa shape index (κ3) is 3.30. The highest BCUT2D eigenvalue weighted by molar-refractivity contribution is 6.08. The summed E-state index contributed by atoms with van der Waals surface area (Å²) in [4.78, 5) is 3.85. The average molecular weight is 342 g/mol. The number of fused-ring (bicyclic) bond motifs is 5. The van der Waals surface area contributed by atoms with Gasteiger partial charge in [0.2, 0.25) is 0 Å². The van der Waals surface area contributed by atoms with Crippen LogP contribution in [0, 0.1) is 0 Å². The molecule has 0 amide bonds. The lowest BCUT2D eigenvalue weighted by molar-refractivity contribution is 0.530. The second-order valence-corrected chi connectivity index (χ2v) is 7.13. The summed E-state index contributed by atoms with van der Waals surface area (Å²) in [6, 6.07) is 18.0. The van der Waals surface area contributed by atoms with Crippen LogP contribution in [0.4, 0.5) is 0 Å². The van der Waals surface area contributed by atoms with Crippen LogP contribution in [0.3, 0.4) is 0 Å². The molecule has 0 fully saturated rings. The molecule has 1 unspecified atom stereocenters. The fourth-order valence-corrected chi connectivity index (χ4v) is 4.33. The molecule has 0 aromatic heterocycles. The van der Waals surface area contributed by atoms with Gasteiger partial charge in [-0.3, -0.25) is 4.99 Å². The van der Waals surface area contributed by atoms with E-state index >= 15 is 0 Å². The molecule has 2 heteroatoms. The van der Waals surface area contributed by atoms with Crippen LogP contribution in [-0.4, -0.2) is 19.3 Å². The third-order valence-electron chi connectivity index (χ3n) is 5.52. The van der Waals surface area contributed by atoms with E-state index in [0.717, 1.165) is 19.5 Å². The van der Waals surface area contributed by atoms with Crippen molar-refractivity contribution in [2.45, 2.75) is 31.6 Å². The van der Waals surface area contributed by atoms with E-state index in [-0.39, 0.29) is 0 Å². The largest absolute Gasteiger partial charge is 0.330 e. The molecule has 3 aromatic carbocycles. The number of nitrogens with two attached hydrogens (primary N) is 1. The van der Waals surface area contributed by atoms with Gasteiger partial charge < -0.3 is 5.73 Å². The summed E-state index contributed by atoms with van der Waals surface area (Å²) >= 11 is 0.